The number of aliphatic hydroxyl groups excluding tert-OH is 1. The SMILES string of the molecule is CCCC(C)n1ccc2c1CC(C)(C)CC2O. The van der Waals surface area contributed by atoms with Crippen molar-refractivity contribution in [1.29, 1.82) is 0 Å². The zero-order valence-electron chi connectivity index (χ0n) is 11.5. The first-order chi connectivity index (χ1) is 7.94. The Balaban J connectivity index is 2.33. The highest BCUT2D eigenvalue weighted by Gasteiger charge is 2.33. The van der Waals surface area contributed by atoms with Crippen LogP contribution in [0.1, 0.15) is 70.4 Å². The van der Waals surface area contributed by atoms with Crippen LogP contribution in [0.4, 0.5) is 0 Å². The lowest BCUT2D eigenvalue weighted by Gasteiger charge is -2.34. The number of hydrogen-bond donors (Lipinski definition) is 1. The fourth-order valence-corrected chi connectivity index (χ4v) is 3.12. The van der Waals surface area contributed by atoms with Crippen LogP contribution in [0.15, 0.2) is 12.3 Å². The van der Waals surface area contributed by atoms with Crippen LogP contribution in [0, 0.1) is 5.41 Å². The van der Waals surface area contributed by atoms with Crippen molar-refractivity contribution in [2.24, 2.45) is 5.41 Å². The Kier molecular flexibility index (Phi) is 3.35. The standard InChI is InChI=1S/C15H25NO/c1-5-6-11(2)16-8-7-12-13(16)9-15(3,4)10-14(12)17/h7-8,11,14,17H,5-6,9-10H2,1-4H3. The van der Waals surface area contributed by atoms with Crippen LogP contribution in [0.5, 0.6) is 0 Å². The normalized spacial score (nSPS) is 24.4. The highest BCUT2D eigenvalue weighted by Crippen LogP contribution is 2.42. The molecule has 1 aliphatic carbocycles. The maximum absolute atomic E-state index is 10.2. The maximum atomic E-state index is 10.2. The molecule has 0 fully saturated rings. The highest BCUT2D eigenvalue weighted by molar-refractivity contribution is 5.29. The van der Waals surface area contributed by atoms with Gasteiger partial charge in [0, 0.05) is 23.5 Å². The third kappa shape index (κ3) is 2.42. The zero-order valence-corrected chi connectivity index (χ0v) is 11.5. The molecule has 0 saturated heterocycles. The average molecular weight is 235 g/mol. The summed E-state index contributed by atoms with van der Waals surface area (Å²) in [7, 11) is 0. The molecule has 1 aromatic rings. The van der Waals surface area contributed by atoms with Crippen LogP contribution < -0.4 is 0 Å². The van der Waals surface area contributed by atoms with E-state index in [1.807, 2.05) is 0 Å². The van der Waals surface area contributed by atoms with Gasteiger partial charge in [0.25, 0.3) is 0 Å². The molecule has 0 aliphatic heterocycles. The lowest BCUT2D eigenvalue weighted by Crippen LogP contribution is -2.27. The van der Waals surface area contributed by atoms with E-state index in [9.17, 15) is 5.11 Å². The number of nitrogens with zero attached hydrogens (tertiary/aromatic N) is 1. The quantitative estimate of drug-likeness (QED) is 0.845. The molecule has 2 unspecified atom stereocenters. The number of aliphatic hydroxyl groups is 1. The van der Waals surface area contributed by atoms with Crippen molar-refractivity contribution in [1.82, 2.24) is 4.57 Å². The molecule has 0 radical (unpaired) electrons. The van der Waals surface area contributed by atoms with Gasteiger partial charge in [0.1, 0.15) is 0 Å². The van der Waals surface area contributed by atoms with Crippen molar-refractivity contribution in [2.45, 2.75) is 65.5 Å². The van der Waals surface area contributed by atoms with E-state index in [0.717, 1.165) is 18.4 Å². The first-order valence-corrected chi connectivity index (χ1v) is 6.82. The highest BCUT2D eigenvalue weighted by atomic mass is 16.3. The van der Waals surface area contributed by atoms with Gasteiger partial charge in [0.15, 0.2) is 0 Å². The van der Waals surface area contributed by atoms with Crippen molar-refractivity contribution in [3.63, 3.8) is 0 Å². The molecule has 0 saturated carbocycles. The van der Waals surface area contributed by atoms with Crippen LogP contribution in [-0.4, -0.2) is 9.67 Å². The third-order valence-corrected chi connectivity index (χ3v) is 3.99. The average Bonchev–Trinajstić information content (AvgIpc) is 2.59. The zero-order chi connectivity index (χ0) is 12.6. The van der Waals surface area contributed by atoms with Gasteiger partial charge in [0.05, 0.1) is 6.10 Å². The van der Waals surface area contributed by atoms with Crippen molar-refractivity contribution in [3.8, 4) is 0 Å². The Hall–Kier alpha value is -0.760. The summed E-state index contributed by atoms with van der Waals surface area (Å²) >= 11 is 0. The van der Waals surface area contributed by atoms with Crippen LogP contribution >= 0.6 is 0 Å². The molecule has 1 N–H and O–H groups in total. The van der Waals surface area contributed by atoms with E-state index in [1.165, 1.54) is 18.5 Å². The molecule has 96 valence electrons. The van der Waals surface area contributed by atoms with Crippen molar-refractivity contribution in [3.05, 3.63) is 23.5 Å². The number of hydrogen-bond acceptors (Lipinski definition) is 1. The molecule has 2 heteroatoms. The van der Waals surface area contributed by atoms with Gasteiger partial charge in [-0.2, -0.15) is 0 Å². The second-order valence-electron chi connectivity index (χ2n) is 6.32. The number of aromatic nitrogens is 1. The molecule has 0 amide bonds. The summed E-state index contributed by atoms with van der Waals surface area (Å²) in [4.78, 5) is 0. The molecule has 0 aromatic carbocycles. The van der Waals surface area contributed by atoms with E-state index in [1.54, 1.807) is 0 Å². The molecule has 1 heterocycles. The van der Waals surface area contributed by atoms with Gasteiger partial charge < -0.3 is 9.67 Å². The van der Waals surface area contributed by atoms with Crippen molar-refractivity contribution < 1.29 is 5.11 Å². The maximum Gasteiger partial charge on any atom is 0.0812 e. The van der Waals surface area contributed by atoms with Crippen LogP contribution in [0.2, 0.25) is 0 Å². The third-order valence-electron chi connectivity index (χ3n) is 3.99. The summed E-state index contributed by atoms with van der Waals surface area (Å²) in [5.41, 5.74) is 2.73. The minimum atomic E-state index is -0.274. The van der Waals surface area contributed by atoms with Crippen LogP contribution in [0.25, 0.3) is 0 Å². The largest absolute Gasteiger partial charge is 0.388 e. The Morgan fingerprint density at radius 2 is 2.24 bits per heavy atom. The summed E-state index contributed by atoms with van der Waals surface area (Å²) in [6.07, 6.45) is 6.27. The van der Waals surface area contributed by atoms with Gasteiger partial charge in [-0.1, -0.05) is 27.2 Å². The summed E-state index contributed by atoms with van der Waals surface area (Å²) in [6, 6.07) is 2.66. The summed E-state index contributed by atoms with van der Waals surface area (Å²) in [6.45, 7) is 9.00. The van der Waals surface area contributed by atoms with E-state index in [2.05, 4.69) is 44.5 Å². The molecule has 0 spiro atoms. The lowest BCUT2D eigenvalue weighted by molar-refractivity contribution is 0.0975. The van der Waals surface area contributed by atoms with E-state index in [4.69, 9.17) is 0 Å². The Labute approximate surface area is 105 Å². The predicted octanol–water partition coefficient (Wildman–Crippen LogP) is 3.86. The van der Waals surface area contributed by atoms with Crippen molar-refractivity contribution >= 4 is 0 Å². The van der Waals surface area contributed by atoms with Gasteiger partial charge in [-0.05, 0) is 37.7 Å². The summed E-state index contributed by atoms with van der Waals surface area (Å²) < 4.78 is 2.38. The first kappa shape index (κ1) is 12.7. The predicted molar refractivity (Wildman–Crippen MR) is 71.1 cm³/mol. The second-order valence-corrected chi connectivity index (χ2v) is 6.32. The summed E-state index contributed by atoms with van der Waals surface area (Å²) in [5.74, 6) is 0. The monoisotopic (exact) mass is 235 g/mol. The fourth-order valence-electron chi connectivity index (χ4n) is 3.12. The van der Waals surface area contributed by atoms with Gasteiger partial charge in [-0.3, -0.25) is 0 Å². The first-order valence-electron chi connectivity index (χ1n) is 6.82. The molecular formula is C15H25NO. The minimum Gasteiger partial charge on any atom is -0.388 e. The Morgan fingerprint density at radius 1 is 1.53 bits per heavy atom. The van der Waals surface area contributed by atoms with Crippen LogP contribution in [0.3, 0.4) is 0 Å². The second kappa shape index (κ2) is 4.49. The molecule has 1 aromatic heterocycles. The molecular weight excluding hydrogens is 210 g/mol. The molecule has 17 heavy (non-hydrogen) atoms. The van der Waals surface area contributed by atoms with Crippen LogP contribution in [-0.2, 0) is 6.42 Å². The van der Waals surface area contributed by atoms with Gasteiger partial charge in [0.2, 0.25) is 0 Å². The fraction of sp³-hybridized carbons (Fsp3) is 0.733. The topological polar surface area (TPSA) is 25.2 Å². The number of fused-ring (bicyclic) bond motifs is 1. The summed E-state index contributed by atoms with van der Waals surface area (Å²) in [5, 5.41) is 10.2. The minimum absolute atomic E-state index is 0.217. The molecule has 2 nitrogen and oxygen atoms in total. The van der Waals surface area contributed by atoms with E-state index < -0.39 is 0 Å². The van der Waals surface area contributed by atoms with E-state index in [-0.39, 0.29) is 11.5 Å². The molecule has 0 bridgehead atoms. The van der Waals surface area contributed by atoms with Crippen molar-refractivity contribution in [2.75, 3.05) is 0 Å². The van der Waals surface area contributed by atoms with Gasteiger partial charge in [-0.25, -0.2) is 0 Å². The Bertz CT molecular complexity index is 392. The Morgan fingerprint density at radius 3 is 2.88 bits per heavy atom. The van der Waals surface area contributed by atoms with E-state index >= 15 is 0 Å². The lowest BCUT2D eigenvalue weighted by atomic mass is 9.75. The molecule has 2 rings (SSSR count). The van der Waals surface area contributed by atoms with Gasteiger partial charge >= 0.3 is 0 Å². The molecule has 2 atom stereocenters. The molecule has 1 aliphatic rings. The van der Waals surface area contributed by atoms with E-state index in [0.29, 0.717) is 6.04 Å². The smallest absolute Gasteiger partial charge is 0.0812 e. The number of rotatable bonds is 3. The van der Waals surface area contributed by atoms with Gasteiger partial charge in [-0.15, -0.1) is 0 Å².